The number of hydrogen-bond donors (Lipinski definition) is 1. The van der Waals surface area contributed by atoms with Gasteiger partial charge in [-0.15, -0.1) is 0 Å². The molecule has 1 aromatic rings. The molecule has 1 N–H and O–H groups in total. The molecule has 0 amide bonds. The molecule has 2 aliphatic heterocycles. The van der Waals surface area contributed by atoms with Crippen LogP contribution in [0.15, 0.2) is 12.4 Å². The van der Waals surface area contributed by atoms with E-state index in [9.17, 15) is 9.90 Å². The smallest absolute Gasteiger partial charge is 0.326 e. The van der Waals surface area contributed by atoms with Crippen LogP contribution < -0.4 is 4.90 Å². The Bertz CT molecular complexity index is 511. The third-order valence-corrected chi connectivity index (χ3v) is 4.37. The van der Waals surface area contributed by atoms with E-state index in [2.05, 4.69) is 9.97 Å². The predicted molar refractivity (Wildman–Crippen MR) is 76.6 cm³/mol. The number of anilines is 1. The molecule has 0 aromatic carbocycles. The quantitative estimate of drug-likeness (QED) is 0.870. The second-order valence-electron chi connectivity index (χ2n) is 5.31. The van der Waals surface area contributed by atoms with E-state index in [1.807, 2.05) is 9.80 Å². The first-order valence-electron chi connectivity index (χ1n) is 6.90. The molecule has 2 aliphatic rings. The maximum absolute atomic E-state index is 11.6. The number of carboxylic acid groups (broad SMARTS) is 1. The topological polar surface area (TPSA) is 78.8 Å². The van der Waals surface area contributed by atoms with E-state index in [1.54, 1.807) is 12.4 Å². The van der Waals surface area contributed by atoms with Crippen molar-refractivity contribution in [3.8, 4) is 0 Å². The zero-order valence-corrected chi connectivity index (χ0v) is 12.3. The fourth-order valence-corrected chi connectivity index (χ4v) is 3.01. The van der Waals surface area contributed by atoms with Crippen LogP contribution in [0.25, 0.3) is 0 Å². The van der Waals surface area contributed by atoms with Crippen molar-refractivity contribution in [3.05, 3.63) is 17.4 Å². The molecule has 0 bridgehead atoms. The second kappa shape index (κ2) is 5.75. The van der Waals surface area contributed by atoms with Gasteiger partial charge in [0.15, 0.2) is 0 Å². The largest absolute Gasteiger partial charge is 0.480 e. The van der Waals surface area contributed by atoms with Gasteiger partial charge in [-0.2, -0.15) is 0 Å². The van der Waals surface area contributed by atoms with Crippen LogP contribution in [-0.4, -0.2) is 70.9 Å². The summed E-state index contributed by atoms with van der Waals surface area (Å²) in [5, 5.41) is 10.1. The number of rotatable bonds is 3. The van der Waals surface area contributed by atoms with Gasteiger partial charge >= 0.3 is 5.97 Å². The van der Waals surface area contributed by atoms with E-state index in [4.69, 9.17) is 16.3 Å². The second-order valence-corrected chi connectivity index (χ2v) is 5.75. The highest BCUT2D eigenvalue weighted by molar-refractivity contribution is 6.30. The zero-order chi connectivity index (χ0) is 14.9. The fourth-order valence-electron chi connectivity index (χ4n) is 2.91. The molecule has 0 aliphatic carbocycles. The monoisotopic (exact) mass is 312 g/mol. The molecule has 1 unspecified atom stereocenters. The van der Waals surface area contributed by atoms with E-state index in [-0.39, 0.29) is 6.61 Å². The molecule has 8 heteroatoms. The summed E-state index contributed by atoms with van der Waals surface area (Å²) in [6.07, 6.45) is 3.68. The first-order valence-corrected chi connectivity index (χ1v) is 7.28. The molecule has 0 spiro atoms. The number of aliphatic carboxylic acids is 1. The van der Waals surface area contributed by atoms with Gasteiger partial charge in [0.25, 0.3) is 0 Å². The highest BCUT2D eigenvalue weighted by atomic mass is 35.5. The molecule has 3 heterocycles. The molecular weight excluding hydrogens is 296 g/mol. The molecule has 0 saturated carbocycles. The number of carboxylic acids is 1. The number of carbonyl (C=O) groups is 1. The maximum atomic E-state index is 11.6. The van der Waals surface area contributed by atoms with Crippen molar-refractivity contribution >= 4 is 23.5 Å². The summed E-state index contributed by atoms with van der Waals surface area (Å²) >= 11 is 5.78. The third kappa shape index (κ3) is 2.68. The normalized spacial score (nSPS) is 27.0. The lowest BCUT2D eigenvalue weighted by molar-refractivity contribution is -0.152. The lowest BCUT2D eigenvalue weighted by Crippen LogP contribution is -2.61. The van der Waals surface area contributed by atoms with Crippen LogP contribution in [0.5, 0.6) is 0 Å². The fraction of sp³-hybridized carbons (Fsp3) is 0.615. The van der Waals surface area contributed by atoms with Gasteiger partial charge in [0.2, 0.25) is 5.95 Å². The lowest BCUT2D eigenvalue weighted by atomic mass is 9.95. The number of aromatic nitrogens is 2. The molecule has 3 rings (SSSR count). The number of hydrogen-bond acceptors (Lipinski definition) is 6. The highest BCUT2D eigenvalue weighted by Gasteiger charge is 2.48. The molecule has 114 valence electrons. The molecule has 2 saturated heterocycles. The Morgan fingerprint density at radius 2 is 1.95 bits per heavy atom. The molecule has 2 fully saturated rings. The van der Waals surface area contributed by atoms with Gasteiger partial charge in [-0.1, -0.05) is 11.6 Å². The van der Waals surface area contributed by atoms with Crippen LogP contribution >= 0.6 is 11.6 Å². The summed E-state index contributed by atoms with van der Waals surface area (Å²) in [7, 11) is 0. The van der Waals surface area contributed by atoms with E-state index in [0.29, 0.717) is 50.2 Å². The lowest BCUT2D eigenvalue weighted by Gasteiger charge is -2.42. The summed E-state index contributed by atoms with van der Waals surface area (Å²) in [6, 6.07) is 0. The van der Waals surface area contributed by atoms with Crippen molar-refractivity contribution in [1.82, 2.24) is 14.9 Å². The Labute approximate surface area is 127 Å². The molecular formula is C13H17ClN4O3. The van der Waals surface area contributed by atoms with Crippen molar-refractivity contribution < 1.29 is 14.6 Å². The summed E-state index contributed by atoms with van der Waals surface area (Å²) in [6.45, 7) is 3.46. The first-order chi connectivity index (χ1) is 10.1. The number of nitrogens with zero attached hydrogens (tertiary/aromatic N) is 4. The number of halogens is 1. The summed E-state index contributed by atoms with van der Waals surface area (Å²) < 4.78 is 5.32. The standard InChI is InChI=1S/C13H17ClN4O3/c14-10-7-15-12(16-8-10)17-2-4-18(5-3-17)13(11(19)20)1-6-21-9-13/h7-8H,1-6,9H2,(H,19,20). The van der Waals surface area contributed by atoms with Crippen molar-refractivity contribution in [2.24, 2.45) is 0 Å². The summed E-state index contributed by atoms with van der Waals surface area (Å²) in [5.74, 6) is -0.165. The van der Waals surface area contributed by atoms with Gasteiger partial charge in [0, 0.05) is 39.2 Å². The zero-order valence-electron chi connectivity index (χ0n) is 11.5. The van der Waals surface area contributed by atoms with Gasteiger partial charge in [0.05, 0.1) is 24.0 Å². The van der Waals surface area contributed by atoms with Gasteiger partial charge < -0.3 is 14.7 Å². The van der Waals surface area contributed by atoms with Crippen molar-refractivity contribution in [1.29, 1.82) is 0 Å². The van der Waals surface area contributed by atoms with E-state index < -0.39 is 11.5 Å². The van der Waals surface area contributed by atoms with E-state index in [1.165, 1.54) is 0 Å². The predicted octanol–water partition coefficient (Wildman–Crippen LogP) is 0.496. The van der Waals surface area contributed by atoms with Gasteiger partial charge in [-0.3, -0.25) is 9.69 Å². The third-order valence-electron chi connectivity index (χ3n) is 4.17. The van der Waals surface area contributed by atoms with Gasteiger partial charge in [0.1, 0.15) is 5.54 Å². The van der Waals surface area contributed by atoms with Gasteiger partial charge in [-0.25, -0.2) is 9.97 Å². The molecule has 21 heavy (non-hydrogen) atoms. The minimum Gasteiger partial charge on any atom is -0.480 e. The maximum Gasteiger partial charge on any atom is 0.326 e. The van der Waals surface area contributed by atoms with Crippen LogP contribution in [0.2, 0.25) is 5.02 Å². The highest BCUT2D eigenvalue weighted by Crippen LogP contribution is 2.28. The Kier molecular flexibility index (Phi) is 3.97. The van der Waals surface area contributed by atoms with Gasteiger partial charge in [-0.05, 0) is 0 Å². The SMILES string of the molecule is O=C(O)C1(N2CCN(c3ncc(Cl)cn3)CC2)CCOC1. The van der Waals surface area contributed by atoms with Crippen molar-refractivity contribution in [2.45, 2.75) is 12.0 Å². The van der Waals surface area contributed by atoms with Crippen LogP contribution in [0.4, 0.5) is 5.95 Å². The van der Waals surface area contributed by atoms with Crippen LogP contribution in [0, 0.1) is 0 Å². The Hall–Kier alpha value is -1.44. The average molecular weight is 313 g/mol. The Morgan fingerprint density at radius 1 is 1.29 bits per heavy atom. The molecule has 1 aromatic heterocycles. The minimum absolute atomic E-state index is 0.264. The number of piperazine rings is 1. The summed E-state index contributed by atoms with van der Waals surface area (Å²) in [4.78, 5) is 24.1. The Morgan fingerprint density at radius 3 is 2.48 bits per heavy atom. The van der Waals surface area contributed by atoms with Crippen LogP contribution in [-0.2, 0) is 9.53 Å². The molecule has 1 atom stereocenters. The first kappa shape index (κ1) is 14.5. The summed E-state index contributed by atoms with van der Waals surface area (Å²) in [5.41, 5.74) is -0.868. The van der Waals surface area contributed by atoms with Crippen molar-refractivity contribution in [3.63, 3.8) is 0 Å². The molecule has 7 nitrogen and oxygen atoms in total. The van der Waals surface area contributed by atoms with Crippen LogP contribution in [0.3, 0.4) is 0 Å². The Balaban J connectivity index is 1.67. The van der Waals surface area contributed by atoms with Crippen LogP contribution in [0.1, 0.15) is 6.42 Å². The minimum atomic E-state index is -0.868. The van der Waals surface area contributed by atoms with E-state index in [0.717, 1.165) is 0 Å². The van der Waals surface area contributed by atoms with E-state index >= 15 is 0 Å². The molecule has 0 radical (unpaired) electrons. The van der Waals surface area contributed by atoms with Crippen molar-refractivity contribution in [2.75, 3.05) is 44.3 Å². The average Bonchev–Trinajstić information content (AvgIpc) is 2.99. The number of ether oxygens (including phenoxy) is 1.